The molecule has 0 saturated heterocycles. The second-order valence-electron chi connectivity index (χ2n) is 4.47. The van der Waals surface area contributed by atoms with Gasteiger partial charge in [0.25, 0.3) is 0 Å². The molecular weight excluding hydrogens is 258 g/mol. The Labute approximate surface area is 114 Å². The Bertz CT molecular complexity index is 609. The van der Waals surface area contributed by atoms with Crippen molar-refractivity contribution in [2.75, 3.05) is 0 Å². The number of benzene rings is 1. The lowest BCUT2D eigenvalue weighted by atomic mass is 10.1. The van der Waals surface area contributed by atoms with Crippen LogP contribution in [0.4, 0.5) is 0 Å². The minimum absolute atomic E-state index is 0.0585. The fraction of sp³-hybridized carbons (Fsp3) is 0.267. The van der Waals surface area contributed by atoms with Gasteiger partial charge in [0.2, 0.25) is 0 Å². The largest absolute Gasteiger partial charge is 0.265 e. The van der Waals surface area contributed by atoms with Crippen molar-refractivity contribution in [1.82, 2.24) is 4.98 Å². The topological polar surface area (TPSA) is 47.0 Å². The first-order valence-electron chi connectivity index (χ1n) is 6.29. The highest BCUT2D eigenvalue weighted by molar-refractivity contribution is 7.90. The average Bonchev–Trinajstić information content (AvgIpc) is 2.41. The number of pyridine rings is 1. The van der Waals surface area contributed by atoms with Gasteiger partial charge in [-0.1, -0.05) is 37.3 Å². The van der Waals surface area contributed by atoms with Crippen molar-refractivity contribution in [2.24, 2.45) is 0 Å². The molecule has 1 heterocycles. The summed E-state index contributed by atoms with van der Waals surface area (Å²) < 4.78 is 25.0. The minimum Gasteiger partial charge on any atom is -0.265 e. The maximum absolute atomic E-state index is 12.5. The van der Waals surface area contributed by atoms with E-state index in [0.717, 1.165) is 11.1 Å². The van der Waals surface area contributed by atoms with Gasteiger partial charge < -0.3 is 0 Å². The summed E-state index contributed by atoms with van der Waals surface area (Å²) in [5, 5.41) is -0.443. The Morgan fingerprint density at radius 1 is 1.05 bits per heavy atom. The highest BCUT2D eigenvalue weighted by atomic mass is 32.2. The number of hydrogen-bond donors (Lipinski definition) is 0. The zero-order valence-corrected chi connectivity index (χ0v) is 11.7. The van der Waals surface area contributed by atoms with Gasteiger partial charge in [-0.05, 0) is 29.7 Å². The van der Waals surface area contributed by atoms with Crippen LogP contribution in [-0.4, -0.2) is 13.4 Å². The Kier molecular flexibility index (Phi) is 4.32. The van der Waals surface area contributed by atoms with Crippen molar-refractivity contribution in [3.8, 4) is 0 Å². The maximum atomic E-state index is 12.5. The summed E-state index contributed by atoms with van der Waals surface area (Å²) in [5.41, 5.74) is 1.64. The van der Waals surface area contributed by atoms with Crippen molar-refractivity contribution in [3.05, 3.63) is 66.0 Å². The first kappa shape index (κ1) is 13.7. The first-order chi connectivity index (χ1) is 9.13. The third-order valence-electron chi connectivity index (χ3n) is 3.09. The van der Waals surface area contributed by atoms with Gasteiger partial charge in [-0.2, -0.15) is 0 Å². The first-order valence-corrected chi connectivity index (χ1v) is 8.00. The summed E-state index contributed by atoms with van der Waals surface area (Å²) in [6.07, 6.45) is 3.82. The summed E-state index contributed by atoms with van der Waals surface area (Å²) in [7, 11) is -3.21. The van der Waals surface area contributed by atoms with Crippen LogP contribution in [0.15, 0.2) is 54.9 Å². The predicted molar refractivity (Wildman–Crippen MR) is 76.3 cm³/mol. The van der Waals surface area contributed by atoms with Gasteiger partial charge in [0.1, 0.15) is 0 Å². The summed E-state index contributed by atoms with van der Waals surface area (Å²) >= 11 is 0. The molecule has 100 valence electrons. The SMILES string of the molecule is CC[C@@H](c1ccccc1)S(=O)(=O)Cc1ccncc1. The van der Waals surface area contributed by atoms with E-state index in [1.54, 1.807) is 24.5 Å². The van der Waals surface area contributed by atoms with Crippen molar-refractivity contribution in [1.29, 1.82) is 0 Å². The van der Waals surface area contributed by atoms with E-state index in [-0.39, 0.29) is 5.75 Å². The number of aromatic nitrogens is 1. The van der Waals surface area contributed by atoms with Gasteiger partial charge in [-0.15, -0.1) is 0 Å². The lowest BCUT2D eigenvalue weighted by Crippen LogP contribution is -2.15. The normalized spacial score (nSPS) is 13.1. The minimum atomic E-state index is -3.21. The molecule has 0 aliphatic carbocycles. The fourth-order valence-corrected chi connectivity index (χ4v) is 4.11. The lowest BCUT2D eigenvalue weighted by Gasteiger charge is -2.16. The van der Waals surface area contributed by atoms with Crippen LogP contribution >= 0.6 is 0 Å². The number of sulfone groups is 1. The van der Waals surface area contributed by atoms with Gasteiger partial charge in [-0.25, -0.2) is 8.42 Å². The molecule has 0 aliphatic heterocycles. The summed E-state index contributed by atoms with van der Waals surface area (Å²) in [4.78, 5) is 3.90. The monoisotopic (exact) mass is 275 g/mol. The van der Waals surface area contributed by atoms with E-state index in [1.807, 2.05) is 37.3 Å². The maximum Gasteiger partial charge on any atom is 0.161 e. The van der Waals surface area contributed by atoms with E-state index in [1.165, 1.54) is 0 Å². The standard InChI is InChI=1S/C15H17NO2S/c1-2-15(14-6-4-3-5-7-14)19(17,18)12-13-8-10-16-11-9-13/h3-11,15H,2,12H2,1H3/t15-/m0/s1. The van der Waals surface area contributed by atoms with Crippen LogP contribution in [0, 0.1) is 0 Å². The molecule has 0 bridgehead atoms. The molecule has 1 atom stereocenters. The molecule has 0 fully saturated rings. The smallest absolute Gasteiger partial charge is 0.161 e. The second-order valence-corrected chi connectivity index (χ2v) is 6.65. The Morgan fingerprint density at radius 2 is 1.68 bits per heavy atom. The van der Waals surface area contributed by atoms with Crippen molar-refractivity contribution in [3.63, 3.8) is 0 Å². The molecule has 0 spiro atoms. The van der Waals surface area contributed by atoms with Crippen LogP contribution < -0.4 is 0 Å². The molecule has 0 saturated carbocycles. The predicted octanol–water partition coefficient (Wildman–Crippen LogP) is 3.15. The zero-order valence-electron chi connectivity index (χ0n) is 10.9. The molecule has 0 radical (unpaired) electrons. The molecule has 2 aromatic rings. The van der Waals surface area contributed by atoms with E-state index < -0.39 is 15.1 Å². The van der Waals surface area contributed by atoms with E-state index in [4.69, 9.17) is 0 Å². The highest BCUT2D eigenvalue weighted by Gasteiger charge is 2.25. The van der Waals surface area contributed by atoms with Crippen LogP contribution in [0.2, 0.25) is 0 Å². The molecule has 0 aliphatic rings. The van der Waals surface area contributed by atoms with Gasteiger partial charge in [0.15, 0.2) is 9.84 Å². The van der Waals surface area contributed by atoms with E-state index in [9.17, 15) is 8.42 Å². The van der Waals surface area contributed by atoms with Crippen molar-refractivity contribution in [2.45, 2.75) is 24.3 Å². The van der Waals surface area contributed by atoms with E-state index in [2.05, 4.69) is 4.98 Å². The van der Waals surface area contributed by atoms with Gasteiger partial charge in [-0.3, -0.25) is 4.98 Å². The van der Waals surface area contributed by atoms with Gasteiger partial charge in [0.05, 0.1) is 11.0 Å². The molecule has 0 unspecified atom stereocenters. The molecule has 1 aromatic heterocycles. The molecule has 0 N–H and O–H groups in total. The Morgan fingerprint density at radius 3 is 2.26 bits per heavy atom. The van der Waals surface area contributed by atoms with E-state index >= 15 is 0 Å². The molecule has 0 amide bonds. The number of rotatable bonds is 5. The van der Waals surface area contributed by atoms with Gasteiger partial charge >= 0.3 is 0 Å². The number of nitrogens with zero attached hydrogens (tertiary/aromatic N) is 1. The van der Waals surface area contributed by atoms with Crippen LogP contribution in [0.25, 0.3) is 0 Å². The second kappa shape index (κ2) is 5.97. The van der Waals surface area contributed by atoms with Crippen LogP contribution in [0.1, 0.15) is 29.7 Å². The lowest BCUT2D eigenvalue weighted by molar-refractivity contribution is 0.578. The third-order valence-corrected chi connectivity index (χ3v) is 5.30. The fourth-order valence-electron chi connectivity index (χ4n) is 2.18. The Balaban J connectivity index is 2.27. The van der Waals surface area contributed by atoms with Crippen LogP contribution in [0.3, 0.4) is 0 Å². The zero-order chi connectivity index (χ0) is 13.7. The van der Waals surface area contributed by atoms with Crippen molar-refractivity contribution >= 4 is 9.84 Å². The third kappa shape index (κ3) is 3.41. The molecular formula is C15H17NO2S. The van der Waals surface area contributed by atoms with E-state index in [0.29, 0.717) is 6.42 Å². The molecule has 4 heteroatoms. The molecule has 3 nitrogen and oxygen atoms in total. The summed E-state index contributed by atoms with van der Waals surface area (Å²) in [5.74, 6) is 0.0585. The molecule has 2 rings (SSSR count). The summed E-state index contributed by atoms with van der Waals surface area (Å²) in [6, 6.07) is 12.9. The van der Waals surface area contributed by atoms with Gasteiger partial charge in [0, 0.05) is 12.4 Å². The van der Waals surface area contributed by atoms with Crippen molar-refractivity contribution < 1.29 is 8.42 Å². The van der Waals surface area contributed by atoms with Crippen LogP contribution in [0.5, 0.6) is 0 Å². The average molecular weight is 275 g/mol. The molecule has 1 aromatic carbocycles. The quantitative estimate of drug-likeness (QED) is 0.842. The summed E-state index contributed by atoms with van der Waals surface area (Å²) in [6.45, 7) is 1.90. The highest BCUT2D eigenvalue weighted by Crippen LogP contribution is 2.28. The Hall–Kier alpha value is -1.68. The molecule has 19 heavy (non-hydrogen) atoms. The van der Waals surface area contributed by atoms with Crippen LogP contribution in [-0.2, 0) is 15.6 Å². The number of hydrogen-bond acceptors (Lipinski definition) is 3.